The third-order valence-corrected chi connectivity index (χ3v) is 4.62. The highest BCUT2D eigenvalue weighted by molar-refractivity contribution is 5.84. The van der Waals surface area contributed by atoms with Crippen molar-refractivity contribution in [2.75, 3.05) is 13.7 Å². The maximum Gasteiger partial charge on any atom is 0.184 e. The highest BCUT2D eigenvalue weighted by Gasteiger charge is 2.40. The van der Waals surface area contributed by atoms with Gasteiger partial charge in [0, 0.05) is 17.4 Å². The summed E-state index contributed by atoms with van der Waals surface area (Å²) in [5, 5.41) is 0. The molecule has 0 radical (unpaired) electrons. The van der Waals surface area contributed by atoms with E-state index in [9.17, 15) is 4.79 Å². The van der Waals surface area contributed by atoms with Gasteiger partial charge in [0.05, 0.1) is 19.8 Å². The van der Waals surface area contributed by atoms with Gasteiger partial charge in [0.1, 0.15) is 11.5 Å². The van der Waals surface area contributed by atoms with E-state index in [2.05, 4.69) is 0 Å². The van der Waals surface area contributed by atoms with Crippen LogP contribution in [0.25, 0.3) is 0 Å². The molecule has 1 aliphatic heterocycles. The minimum atomic E-state index is -0.518. The van der Waals surface area contributed by atoms with Crippen molar-refractivity contribution in [3.8, 4) is 5.75 Å². The Morgan fingerprint density at radius 2 is 2.04 bits per heavy atom. The molecule has 2 rings (SSSR count). The van der Waals surface area contributed by atoms with Crippen molar-refractivity contribution in [2.45, 2.75) is 52.4 Å². The Bertz CT molecular complexity index is 560. The predicted molar refractivity (Wildman–Crippen MR) is 94.0 cm³/mol. The zero-order valence-corrected chi connectivity index (χ0v) is 15.1. The fourth-order valence-electron chi connectivity index (χ4n) is 2.89. The lowest BCUT2D eigenvalue weighted by molar-refractivity contribution is -0.238. The number of ketones is 1. The molecule has 0 unspecified atom stereocenters. The summed E-state index contributed by atoms with van der Waals surface area (Å²) in [6.45, 7) is 6.52. The first-order valence-corrected chi connectivity index (χ1v) is 8.54. The van der Waals surface area contributed by atoms with Crippen molar-refractivity contribution in [1.82, 2.24) is 0 Å². The van der Waals surface area contributed by atoms with Crippen molar-refractivity contribution in [1.29, 1.82) is 0 Å². The van der Waals surface area contributed by atoms with Crippen LogP contribution < -0.4 is 4.74 Å². The van der Waals surface area contributed by atoms with E-state index >= 15 is 0 Å². The summed E-state index contributed by atoms with van der Waals surface area (Å²) in [5.74, 6) is 1.03. The van der Waals surface area contributed by atoms with E-state index in [1.807, 2.05) is 57.2 Å². The second-order valence-corrected chi connectivity index (χ2v) is 6.64. The first kappa shape index (κ1) is 18.7. The molecule has 0 spiro atoms. The zero-order valence-electron chi connectivity index (χ0n) is 15.1. The van der Waals surface area contributed by atoms with Gasteiger partial charge in [0.25, 0.3) is 0 Å². The molecule has 0 bridgehead atoms. The molecule has 0 N–H and O–H groups in total. The van der Waals surface area contributed by atoms with Gasteiger partial charge in [-0.3, -0.25) is 4.79 Å². The predicted octanol–water partition coefficient (Wildman–Crippen LogP) is 4.45. The normalized spacial score (nSPS) is 21.8. The topological polar surface area (TPSA) is 44.8 Å². The van der Waals surface area contributed by atoms with Crippen LogP contribution in [0.15, 0.2) is 36.4 Å². The third-order valence-electron chi connectivity index (χ3n) is 4.62. The summed E-state index contributed by atoms with van der Waals surface area (Å²) in [6, 6.07) is 7.65. The fraction of sp³-hybridized carbons (Fsp3) is 0.550. The molecule has 1 saturated heterocycles. The zero-order chi connectivity index (χ0) is 17.6. The second-order valence-electron chi connectivity index (χ2n) is 6.64. The molecule has 1 aromatic carbocycles. The highest BCUT2D eigenvalue weighted by Crippen LogP contribution is 2.37. The van der Waals surface area contributed by atoms with Gasteiger partial charge in [-0.2, -0.15) is 0 Å². The summed E-state index contributed by atoms with van der Waals surface area (Å²) in [7, 11) is 1.64. The SMILES string of the molecule is CC=CCCC(=O)C(C)(C)[C@@H]1CCO[C@H](c2ccc(OC)cc2)O1. The third kappa shape index (κ3) is 4.46. The summed E-state index contributed by atoms with van der Waals surface area (Å²) in [5.41, 5.74) is 0.425. The summed E-state index contributed by atoms with van der Waals surface area (Å²) in [4.78, 5) is 12.6. The Hall–Kier alpha value is -1.65. The van der Waals surface area contributed by atoms with Crippen LogP contribution in [-0.4, -0.2) is 25.6 Å². The highest BCUT2D eigenvalue weighted by atomic mass is 16.7. The number of Topliss-reactive ketones (excluding diaryl/α,β-unsaturated/α-hetero) is 1. The van der Waals surface area contributed by atoms with Crippen molar-refractivity contribution in [3.63, 3.8) is 0 Å². The number of rotatable bonds is 7. The fourth-order valence-corrected chi connectivity index (χ4v) is 2.89. The van der Waals surface area contributed by atoms with Gasteiger partial charge in [-0.15, -0.1) is 0 Å². The number of ether oxygens (including phenoxy) is 3. The molecule has 1 fully saturated rings. The van der Waals surface area contributed by atoms with Crippen LogP contribution >= 0.6 is 0 Å². The molecule has 4 heteroatoms. The van der Waals surface area contributed by atoms with E-state index in [4.69, 9.17) is 14.2 Å². The molecule has 1 aromatic rings. The van der Waals surface area contributed by atoms with Gasteiger partial charge in [-0.1, -0.05) is 38.1 Å². The molecule has 24 heavy (non-hydrogen) atoms. The number of carbonyl (C=O) groups is 1. The summed E-state index contributed by atoms with van der Waals surface area (Å²) < 4.78 is 17.1. The average molecular weight is 332 g/mol. The first-order chi connectivity index (χ1) is 11.5. The van der Waals surface area contributed by atoms with Crippen LogP contribution in [-0.2, 0) is 14.3 Å². The van der Waals surface area contributed by atoms with Gasteiger partial charge < -0.3 is 14.2 Å². The van der Waals surface area contributed by atoms with Crippen LogP contribution in [0.3, 0.4) is 0 Å². The Labute approximate surface area is 144 Å². The van der Waals surface area contributed by atoms with Gasteiger partial charge in [-0.05, 0) is 31.9 Å². The average Bonchev–Trinajstić information content (AvgIpc) is 2.62. The van der Waals surface area contributed by atoms with Crippen LogP contribution in [0.2, 0.25) is 0 Å². The standard InChI is InChI=1S/C20H28O4/c1-5-6-7-8-17(21)20(2,3)18-13-14-23-19(24-18)15-9-11-16(22-4)12-10-15/h5-6,9-12,18-19H,7-8,13-14H2,1-4H3/t18-,19-/m0/s1. The van der Waals surface area contributed by atoms with Gasteiger partial charge in [0.15, 0.2) is 6.29 Å². The monoisotopic (exact) mass is 332 g/mol. The van der Waals surface area contributed by atoms with E-state index in [0.717, 1.165) is 24.2 Å². The first-order valence-electron chi connectivity index (χ1n) is 8.54. The summed E-state index contributed by atoms with van der Waals surface area (Å²) >= 11 is 0. The minimum absolute atomic E-state index is 0.142. The minimum Gasteiger partial charge on any atom is -0.497 e. The smallest absolute Gasteiger partial charge is 0.184 e. The molecule has 0 amide bonds. The van der Waals surface area contributed by atoms with Crippen LogP contribution in [0.1, 0.15) is 51.9 Å². The molecule has 1 aliphatic rings. The number of benzene rings is 1. The second kappa shape index (κ2) is 8.45. The van der Waals surface area contributed by atoms with Crippen LogP contribution in [0.4, 0.5) is 0 Å². The molecule has 0 aromatic heterocycles. The van der Waals surface area contributed by atoms with Crippen molar-refractivity contribution < 1.29 is 19.0 Å². The molecule has 132 valence electrons. The molecular formula is C20H28O4. The lowest BCUT2D eigenvalue weighted by Gasteiger charge is -2.39. The molecule has 1 heterocycles. The van der Waals surface area contributed by atoms with E-state index < -0.39 is 11.7 Å². The number of hydrogen-bond acceptors (Lipinski definition) is 4. The summed E-state index contributed by atoms with van der Waals surface area (Å²) in [6.07, 6.45) is 5.49. The number of methoxy groups -OCH3 is 1. The number of carbonyl (C=O) groups excluding carboxylic acids is 1. The van der Waals surface area contributed by atoms with Crippen molar-refractivity contribution in [3.05, 3.63) is 42.0 Å². The molecule has 2 atom stereocenters. The molecule has 0 saturated carbocycles. The Kier molecular flexibility index (Phi) is 6.58. The maximum atomic E-state index is 12.6. The van der Waals surface area contributed by atoms with Gasteiger partial charge in [-0.25, -0.2) is 0 Å². The van der Waals surface area contributed by atoms with E-state index in [-0.39, 0.29) is 11.9 Å². The number of allylic oxidation sites excluding steroid dienone is 2. The van der Waals surface area contributed by atoms with Crippen LogP contribution in [0, 0.1) is 5.41 Å². The number of hydrogen-bond donors (Lipinski definition) is 0. The van der Waals surface area contributed by atoms with E-state index in [1.165, 1.54) is 0 Å². The largest absolute Gasteiger partial charge is 0.497 e. The maximum absolute atomic E-state index is 12.6. The molecule has 4 nitrogen and oxygen atoms in total. The lowest BCUT2D eigenvalue weighted by Crippen LogP contribution is -2.43. The lowest BCUT2D eigenvalue weighted by atomic mass is 9.78. The Balaban J connectivity index is 2.03. The van der Waals surface area contributed by atoms with E-state index in [0.29, 0.717) is 13.0 Å². The molecule has 0 aliphatic carbocycles. The van der Waals surface area contributed by atoms with Crippen molar-refractivity contribution >= 4 is 5.78 Å². The van der Waals surface area contributed by atoms with Crippen LogP contribution in [0.5, 0.6) is 5.75 Å². The van der Waals surface area contributed by atoms with E-state index in [1.54, 1.807) is 7.11 Å². The quantitative estimate of drug-likeness (QED) is 0.692. The van der Waals surface area contributed by atoms with Crippen molar-refractivity contribution in [2.24, 2.45) is 5.41 Å². The van der Waals surface area contributed by atoms with Gasteiger partial charge in [0.2, 0.25) is 0 Å². The Morgan fingerprint density at radius 1 is 1.33 bits per heavy atom. The molecular weight excluding hydrogens is 304 g/mol. The Morgan fingerprint density at radius 3 is 2.67 bits per heavy atom. The van der Waals surface area contributed by atoms with Gasteiger partial charge >= 0.3 is 0 Å².